The minimum absolute atomic E-state index is 0.124. The van der Waals surface area contributed by atoms with Gasteiger partial charge in [-0.3, -0.25) is 9.59 Å². The Balaban J connectivity index is 1.87. The van der Waals surface area contributed by atoms with Gasteiger partial charge in [-0.1, -0.05) is 37.3 Å². The summed E-state index contributed by atoms with van der Waals surface area (Å²) in [5.41, 5.74) is 2.62. The Bertz CT molecular complexity index is 1130. The van der Waals surface area contributed by atoms with Crippen LogP contribution in [-0.2, 0) is 27.3 Å². The maximum Gasteiger partial charge on any atom is 0.252 e. The van der Waals surface area contributed by atoms with Crippen LogP contribution in [0.4, 0.5) is 5.69 Å². The normalized spacial score (nSPS) is 12.0. The van der Waals surface area contributed by atoms with Gasteiger partial charge in [-0.2, -0.15) is 4.99 Å². The number of nitrogens with zero attached hydrogens (tertiary/aromatic N) is 2. The Labute approximate surface area is 190 Å². The highest BCUT2D eigenvalue weighted by Gasteiger charge is 2.10. The quantitative estimate of drug-likeness (QED) is 0.506. The lowest BCUT2D eigenvalue weighted by molar-refractivity contribution is -0.117. The van der Waals surface area contributed by atoms with Crippen LogP contribution in [0.3, 0.4) is 0 Å². The van der Waals surface area contributed by atoms with Crippen LogP contribution in [0.2, 0.25) is 0 Å². The maximum absolute atomic E-state index is 12.7. The van der Waals surface area contributed by atoms with E-state index in [1.807, 2.05) is 34.9 Å². The second-order valence-corrected chi connectivity index (χ2v) is 10.0. The third kappa shape index (κ3) is 6.53. The minimum Gasteiger partial charge on any atom is -0.383 e. The Morgan fingerprint density at radius 3 is 2.58 bits per heavy atom. The number of hydrogen-bond donors (Lipinski definition) is 1. The van der Waals surface area contributed by atoms with Crippen molar-refractivity contribution < 1.29 is 14.3 Å². The molecule has 0 aliphatic heterocycles. The van der Waals surface area contributed by atoms with Crippen LogP contribution >= 0.6 is 23.1 Å². The zero-order chi connectivity index (χ0) is 22.4. The van der Waals surface area contributed by atoms with Crippen molar-refractivity contribution >= 4 is 50.8 Å². The van der Waals surface area contributed by atoms with Gasteiger partial charge < -0.3 is 14.6 Å². The molecule has 0 aliphatic carbocycles. The summed E-state index contributed by atoms with van der Waals surface area (Å²) in [5.74, 6) is -0.315. The standard InChI is InChI=1S/C23H27N3O3S2/c1-15(2)30-19-8-5-17(6-9-19)13-22(28)25-23-26(11-12-29-4)20-10-7-18(24-16(3)27)14-21(20)31-23/h5-10,14-15H,11-13H2,1-4H3,(H,24,27). The summed E-state index contributed by atoms with van der Waals surface area (Å²) in [7, 11) is 1.65. The van der Waals surface area contributed by atoms with Crippen molar-refractivity contribution in [2.75, 3.05) is 19.0 Å². The fraction of sp³-hybridized carbons (Fsp3) is 0.348. The molecule has 0 spiro atoms. The number of rotatable bonds is 8. The number of thioether (sulfide) groups is 1. The smallest absolute Gasteiger partial charge is 0.252 e. The summed E-state index contributed by atoms with van der Waals surface area (Å²) < 4.78 is 8.17. The molecule has 0 unspecified atom stereocenters. The molecular formula is C23H27N3O3S2. The van der Waals surface area contributed by atoms with Crippen molar-refractivity contribution in [1.82, 2.24) is 4.57 Å². The van der Waals surface area contributed by atoms with Crippen molar-refractivity contribution in [3.63, 3.8) is 0 Å². The first-order valence-electron chi connectivity index (χ1n) is 10.1. The van der Waals surface area contributed by atoms with Crippen molar-refractivity contribution in [2.24, 2.45) is 4.99 Å². The molecule has 31 heavy (non-hydrogen) atoms. The molecule has 6 nitrogen and oxygen atoms in total. The van der Waals surface area contributed by atoms with E-state index in [1.165, 1.54) is 23.2 Å². The first-order valence-corrected chi connectivity index (χ1v) is 11.8. The first-order chi connectivity index (χ1) is 14.9. The molecule has 2 amide bonds. The molecule has 3 rings (SSSR count). The summed E-state index contributed by atoms with van der Waals surface area (Å²) >= 11 is 3.23. The van der Waals surface area contributed by atoms with Crippen LogP contribution in [0.25, 0.3) is 10.2 Å². The molecule has 1 aromatic heterocycles. The van der Waals surface area contributed by atoms with Gasteiger partial charge in [0.05, 0.1) is 23.2 Å². The van der Waals surface area contributed by atoms with E-state index in [4.69, 9.17) is 4.74 Å². The molecule has 1 heterocycles. The number of anilines is 1. The van der Waals surface area contributed by atoms with Gasteiger partial charge in [0.2, 0.25) is 5.91 Å². The fourth-order valence-corrected chi connectivity index (χ4v) is 5.07. The lowest BCUT2D eigenvalue weighted by Gasteiger charge is -2.06. The molecule has 164 valence electrons. The molecule has 3 aromatic rings. The molecular weight excluding hydrogens is 430 g/mol. The first kappa shape index (κ1) is 23.2. The van der Waals surface area contributed by atoms with E-state index in [1.54, 1.807) is 18.9 Å². The minimum atomic E-state index is -0.191. The zero-order valence-electron chi connectivity index (χ0n) is 18.2. The molecule has 1 N–H and O–H groups in total. The fourth-order valence-electron chi connectivity index (χ4n) is 3.12. The van der Waals surface area contributed by atoms with Gasteiger partial charge in [-0.25, -0.2) is 0 Å². The largest absolute Gasteiger partial charge is 0.383 e. The summed E-state index contributed by atoms with van der Waals surface area (Å²) in [4.78, 5) is 30.3. The van der Waals surface area contributed by atoms with Crippen LogP contribution in [0.5, 0.6) is 0 Å². The van der Waals surface area contributed by atoms with E-state index in [0.717, 1.165) is 21.5 Å². The molecule has 0 atom stereocenters. The van der Waals surface area contributed by atoms with Crippen LogP contribution in [0.1, 0.15) is 26.3 Å². The van der Waals surface area contributed by atoms with Crippen molar-refractivity contribution in [2.45, 2.75) is 43.9 Å². The monoisotopic (exact) mass is 457 g/mol. The van der Waals surface area contributed by atoms with E-state index in [9.17, 15) is 9.59 Å². The highest BCUT2D eigenvalue weighted by Crippen LogP contribution is 2.24. The SMILES string of the molecule is COCCn1c(=NC(=O)Cc2ccc(SC(C)C)cc2)sc2cc(NC(C)=O)ccc21. The summed E-state index contributed by atoms with van der Waals surface area (Å²) in [6.07, 6.45) is 0.252. The summed E-state index contributed by atoms with van der Waals surface area (Å²) in [6, 6.07) is 13.8. The van der Waals surface area contributed by atoms with Crippen molar-refractivity contribution in [3.05, 3.63) is 52.8 Å². The number of benzene rings is 2. The Kier molecular flexibility index (Phi) is 8.06. The number of carbonyl (C=O) groups is 2. The summed E-state index contributed by atoms with van der Waals surface area (Å²) in [6.45, 7) is 6.89. The Hall–Kier alpha value is -2.42. The van der Waals surface area contributed by atoms with Gasteiger partial charge in [-0.15, -0.1) is 11.8 Å². The highest BCUT2D eigenvalue weighted by atomic mass is 32.2. The predicted octanol–water partition coefficient (Wildman–Crippen LogP) is 4.48. The van der Waals surface area contributed by atoms with Crippen LogP contribution in [0.15, 0.2) is 52.4 Å². The van der Waals surface area contributed by atoms with E-state index in [-0.39, 0.29) is 18.2 Å². The molecule has 2 aromatic carbocycles. The maximum atomic E-state index is 12.7. The predicted molar refractivity (Wildman–Crippen MR) is 128 cm³/mol. The molecule has 8 heteroatoms. The topological polar surface area (TPSA) is 72.7 Å². The molecule has 0 saturated carbocycles. The number of carbonyl (C=O) groups excluding carboxylic acids is 2. The van der Waals surface area contributed by atoms with Crippen molar-refractivity contribution in [3.8, 4) is 0 Å². The van der Waals surface area contributed by atoms with E-state index in [2.05, 4.69) is 36.3 Å². The van der Waals surface area contributed by atoms with Crippen LogP contribution in [-0.4, -0.2) is 35.3 Å². The molecule has 0 aliphatic rings. The third-order valence-electron chi connectivity index (χ3n) is 4.39. The molecule has 0 fully saturated rings. The van der Waals surface area contributed by atoms with Crippen molar-refractivity contribution in [1.29, 1.82) is 0 Å². The number of methoxy groups -OCH3 is 1. The zero-order valence-corrected chi connectivity index (χ0v) is 19.8. The number of hydrogen-bond acceptors (Lipinski definition) is 5. The lowest BCUT2D eigenvalue weighted by atomic mass is 10.1. The third-order valence-corrected chi connectivity index (χ3v) is 6.45. The van der Waals surface area contributed by atoms with E-state index >= 15 is 0 Å². The second-order valence-electron chi connectivity index (χ2n) is 7.39. The van der Waals surface area contributed by atoms with Gasteiger partial charge in [0.1, 0.15) is 0 Å². The summed E-state index contributed by atoms with van der Waals surface area (Å²) in [5, 5.41) is 3.31. The van der Waals surface area contributed by atoms with Gasteiger partial charge >= 0.3 is 0 Å². The van der Waals surface area contributed by atoms with Gasteiger partial charge in [0, 0.05) is 36.4 Å². The van der Waals surface area contributed by atoms with Gasteiger partial charge in [0.15, 0.2) is 4.80 Å². The van der Waals surface area contributed by atoms with E-state index < -0.39 is 0 Å². The Morgan fingerprint density at radius 2 is 1.94 bits per heavy atom. The average molecular weight is 458 g/mol. The van der Waals surface area contributed by atoms with Crippen LogP contribution in [0, 0.1) is 0 Å². The number of ether oxygens (including phenoxy) is 1. The van der Waals surface area contributed by atoms with E-state index in [0.29, 0.717) is 23.2 Å². The van der Waals surface area contributed by atoms with Crippen LogP contribution < -0.4 is 10.1 Å². The van der Waals surface area contributed by atoms with Gasteiger partial charge in [-0.05, 0) is 35.9 Å². The average Bonchev–Trinajstić information content (AvgIpc) is 3.03. The molecule has 0 saturated heterocycles. The molecule has 0 bridgehead atoms. The number of thiazole rings is 1. The lowest BCUT2D eigenvalue weighted by Crippen LogP contribution is -2.19. The molecule has 0 radical (unpaired) electrons. The number of fused-ring (bicyclic) bond motifs is 1. The highest BCUT2D eigenvalue weighted by molar-refractivity contribution is 7.99. The number of aromatic nitrogens is 1. The second kappa shape index (κ2) is 10.7. The van der Waals surface area contributed by atoms with Gasteiger partial charge in [0.25, 0.3) is 5.91 Å². The number of amides is 2. The Morgan fingerprint density at radius 1 is 1.19 bits per heavy atom. The number of nitrogens with one attached hydrogen (secondary N) is 1.